The number of rotatable bonds is 5. The van der Waals surface area contributed by atoms with E-state index < -0.39 is 20.5 Å². The highest BCUT2D eigenvalue weighted by Crippen LogP contribution is 2.31. The second kappa shape index (κ2) is 6.86. The Hall–Kier alpha value is -0.300. The zero-order chi connectivity index (χ0) is 16.4. The normalized spacial score (nSPS) is 12.3. The first-order chi connectivity index (χ1) is 9.48. The topological polar surface area (TPSA) is 63.2 Å². The molecule has 0 saturated carbocycles. The standard InChI is InChI=1S/C13H16BrCl2NO3S/c1-4-5-13(2,3)17-12(18)9-6-8(21(16,19)20)7-10(14)11(9)15/h6-7H,4-5H2,1-3H3,(H,17,18). The van der Waals surface area contributed by atoms with E-state index in [1.165, 1.54) is 12.1 Å². The molecule has 4 nitrogen and oxygen atoms in total. The maximum absolute atomic E-state index is 12.3. The van der Waals surface area contributed by atoms with Crippen LogP contribution in [0.3, 0.4) is 0 Å². The highest BCUT2D eigenvalue weighted by atomic mass is 79.9. The van der Waals surface area contributed by atoms with Crippen LogP contribution in [0.25, 0.3) is 0 Å². The number of benzene rings is 1. The van der Waals surface area contributed by atoms with E-state index in [9.17, 15) is 13.2 Å². The lowest BCUT2D eigenvalue weighted by Crippen LogP contribution is -2.43. The van der Waals surface area contributed by atoms with Crippen LogP contribution in [0.2, 0.25) is 5.02 Å². The van der Waals surface area contributed by atoms with Gasteiger partial charge in [-0.15, -0.1) is 0 Å². The number of nitrogens with one attached hydrogen (secondary N) is 1. The van der Waals surface area contributed by atoms with Crippen LogP contribution in [0.5, 0.6) is 0 Å². The van der Waals surface area contributed by atoms with Gasteiger partial charge in [-0.3, -0.25) is 4.79 Å². The van der Waals surface area contributed by atoms with Crippen molar-refractivity contribution in [1.82, 2.24) is 5.32 Å². The number of hydrogen-bond donors (Lipinski definition) is 1. The molecule has 0 heterocycles. The SMILES string of the molecule is CCCC(C)(C)NC(=O)c1cc(S(=O)(=O)Cl)cc(Br)c1Cl. The third kappa shape index (κ3) is 5.13. The Morgan fingerprint density at radius 2 is 1.95 bits per heavy atom. The molecule has 0 aliphatic heterocycles. The van der Waals surface area contributed by atoms with Crippen molar-refractivity contribution in [3.05, 3.63) is 27.2 Å². The van der Waals surface area contributed by atoms with E-state index in [0.29, 0.717) is 4.47 Å². The zero-order valence-electron chi connectivity index (χ0n) is 11.8. The van der Waals surface area contributed by atoms with E-state index in [2.05, 4.69) is 21.2 Å². The van der Waals surface area contributed by atoms with Crippen molar-refractivity contribution in [2.24, 2.45) is 0 Å². The van der Waals surface area contributed by atoms with Crippen LogP contribution in [0.1, 0.15) is 44.0 Å². The van der Waals surface area contributed by atoms with Gasteiger partial charge in [0.2, 0.25) is 0 Å². The molecule has 0 fully saturated rings. The molecule has 0 aliphatic carbocycles. The molecule has 0 atom stereocenters. The molecule has 0 aliphatic rings. The summed E-state index contributed by atoms with van der Waals surface area (Å²) in [5.74, 6) is -0.443. The Morgan fingerprint density at radius 1 is 1.38 bits per heavy atom. The fourth-order valence-electron chi connectivity index (χ4n) is 1.93. The molecule has 1 rings (SSSR count). The summed E-state index contributed by atoms with van der Waals surface area (Å²) in [6.45, 7) is 5.79. The lowest BCUT2D eigenvalue weighted by atomic mass is 9.98. The summed E-state index contributed by atoms with van der Waals surface area (Å²) in [5, 5.41) is 2.98. The van der Waals surface area contributed by atoms with Crippen LogP contribution < -0.4 is 5.32 Å². The first kappa shape index (κ1) is 18.7. The predicted octanol–water partition coefficient (Wildman–Crippen LogP) is 4.34. The molecule has 1 N–H and O–H groups in total. The first-order valence-electron chi connectivity index (χ1n) is 6.24. The fourth-order valence-corrected chi connectivity index (χ4v) is 3.52. The minimum Gasteiger partial charge on any atom is -0.347 e. The largest absolute Gasteiger partial charge is 0.347 e. The average molecular weight is 417 g/mol. The monoisotopic (exact) mass is 415 g/mol. The third-order valence-electron chi connectivity index (χ3n) is 2.85. The van der Waals surface area contributed by atoms with Crippen molar-refractivity contribution in [3.63, 3.8) is 0 Å². The Balaban J connectivity index is 3.24. The first-order valence-corrected chi connectivity index (χ1v) is 9.72. The van der Waals surface area contributed by atoms with E-state index in [-0.39, 0.29) is 15.5 Å². The van der Waals surface area contributed by atoms with Crippen LogP contribution in [0.4, 0.5) is 0 Å². The summed E-state index contributed by atoms with van der Waals surface area (Å²) in [6, 6.07) is 2.44. The number of halogens is 3. The van der Waals surface area contributed by atoms with Gasteiger partial charge in [-0.05, 0) is 48.3 Å². The van der Waals surface area contributed by atoms with Gasteiger partial charge in [0, 0.05) is 20.7 Å². The van der Waals surface area contributed by atoms with E-state index in [1.807, 2.05) is 20.8 Å². The molecule has 0 aromatic heterocycles. The minimum atomic E-state index is -3.95. The predicted molar refractivity (Wildman–Crippen MR) is 88.6 cm³/mol. The van der Waals surface area contributed by atoms with E-state index in [4.69, 9.17) is 22.3 Å². The zero-order valence-corrected chi connectivity index (χ0v) is 15.8. The number of hydrogen-bond acceptors (Lipinski definition) is 3. The molecule has 8 heteroatoms. The minimum absolute atomic E-state index is 0.0643. The lowest BCUT2D eigenvalue weighted by molar-refractivity contribution is 0.0909. The summed E-state index contributed by atoms with van der Waals surface area (Å²) >= 11 is 9.20. The summed E-state index contributed by atoms with van der Waals surface area (Å²) < 4.78 is 23.2. The Kier molecular flexibility index (Phi) is 6.12. The van der Waals surface area contributed by atoms with Crippen LogP contribution in [-0.2, 0) is 9.05 Å². The Morgan fingerprint density at radius 3 is 2.43 bits per heavy atom. The second-order valence-electron chi connectivity index (χ2n) is 5.29. The summed E-state index contributed by atoms with van der Waals surface area (Å²) in [5.41, 5.74) is -0.355. The van der Waals surface area contributed by atoms with Crippen molar-refractivity contribution in [2.45, 2.75) is 44.0 Å². The maximum atomic E-state index is 12.3. The number of carbonyl (C=O) groups excluding carboxylic acids is 1. The van der Waals surface area contributed by atoms with Crippen molar-refractivity contribution < 1.29 is 13.2 Å². The van der Waals surface area contributed by atoms with Gasteiger partial charge in [0.25, 0.3) is 15.0 Å². The molecule has 0 radical (unpaired) electrons. The summed E-state index contributed by atoms with van der Waals surface area (Å²) in [7, 11) is 1.37. The van der Waals surface area contributed by atoms with E-state index >= 15 is 0 Å². The maximum Gasteiger partial charge on any atom is 0.261 e. The van der Waals surface area contributed by atoms with Gasteiger partial charge < -0.3 is 5.32 Å². The number of carbonyl (C=O) groups is 1. The van der Waals surface area contributed by atoms with Gasteiger partial charge in [-0.25, -0.2) is 8.42 Å². The molecular formula is C13H16BrCl2NO3S. The quantitative estimate of drug-likeness (QED) is 0.726. The smallest absolute Gasteiger partial charge is 0.261 e. The van der Waals surface area contributed by atoms with Gasteiger partial charge in [0.05, 0.1) is 15.5 Å². The van der Waals surface area contributed by atoms with Crippen LogP contribution >= 0.6 is 38.2 Å². The van der Waals surface area contributed by atoms with E-state index in [1.54, 1.807) is 0 Å². The van der Waals surface area contributed by atoms with Gasteiger partial charge >= 0.3 is 0 Å². The molecule has 1 aromatic carbocycles. The van der Waals surface area contributed by atoms with Crippen molar-refractivity contribution in [1.29, 1.82) is 0 Å². The van der Waals surface area contributed by atoms with Gasteiger partial charge in [-0.1, -0.05) is 24.9 Å². The highest BCUT2D eigenvalue weighted by Gasteiger charge is 2.24. The summed E-state index contributed by atoms with van der Waals surface area (Å²) in [6.07, 6.45) is 1.69. The molecular weight excluding hydrogens is 401 g/mol. The molecule has 1 amide bonds. The average Bonchev–Trinajstić information content (AvgIpc) is 2.29. The lowest BCUT2D eigenvalue weighted by Gasteiger charge is -2.26. The van der Waals surface area contributed by atoms with Crippen molar-refractivity contribution in [3.8, 4) is 0 Å². The van der Waals surface area contributed by atoms with Crippen LogP contribution in [-0.4, -0.2) is 19.9 Å². The Bertz CT molecular complexity index is 660. The van der Waals surface area contributed by atoms with Crippen molar-refractivity contribution in [2.75, 3.05) is 0 Å². The molecule has 118 valence electrons. The van der Waals surface area contributed by atoms with Crippen LogP contribution in [0, 0.1) is 0 Å². The van der Waals surface area contributed by atoms with Crippen molar-refractivity contribution >= 4 is 53.2 Å². The molecule has 0 spiro atoms. The van der Waals surface area contributed by atoms with Gasteiger partial charge in [0.15, 0.2) is 0 Å². The van der Waals surface area contributed by atoms with E-state index in [0.717, 1.165) is 12.8 Å². The molecule has 0 unspecified atom stereocenters. The highest BCUT2D eigenvalue weighted by molar-refractivity contribution is 9.10. The van der Waals surface area contributed by atoms with Crippen LogP contribution in [0.15, 0.2) is 21.5 Å². The molecule has 0 saturated heterocycles. The molecule has 21 heavy (non-hydrogen) atoms. The van der Waals surface area contributed by atoms with Gasteiger partial charge in [-0.2, -0.15) is 0 Å². The molecule has 0 bridgehead atoms. The Labute approximate surface area is 142 Å². The molecule has 1 aromatic rings. The fraction of sp³-hybridized carbons (Fsp3) is 0.462. The summed E-state index contributed by atoms with van der Waals surface area (Å²) in [4.78, 5) is 12.2. The van der Waals surface area contributed by atoms with Gasteiger partial charge in [0.1, 0.15) is 0 Å². The third-order valence-corrected chi connectivity index (χ3v) is 5.45. The second-order valence-corrected chi connectivity index (χ2v) is 9.09. The number of amides is 1.